The number of aryl methyl sites for hydroxylation is 1. The summed E-state index contributed by atoms with van der Waals surface area (Å²) in [6, 6.07) is 9.66. The number of Topliss-reactive ketones (excluding diaryl/α,β-unsaturated/α-hetero) is 1. The van der Waals surface area contributed by atoms with E-state index < -0.39 is 0 Å². The Kier molecular flexibility index (Phi) is 6.32. The number of aromatic nitrogens is 1. The van der Waals surface area contributed by atoms with Gasteiger partial charge in [0.15, 0.2) is 5.78 Å². The lowest BCUT2D eigenvalue weighted by atomic mass is 9.98. The smallest absolute Gasteiger partial charge is 0.170 e. The van der Waals surface area contributed by atoms with Gasteiger partial charge in [-0.1, -0.05) is 17.7 Å². The van der Waals surface area contributed by atoms with Gasteiger partial charge in [0.2, 0.25) is 0 Å². The molecule has 0 unspecified atom stereocenters. The van der Waals surface area contributed by atoms with E-state index in [9.17, 15) is 4.79 Å². The molecule has 0 saturated carbocycles. The maximum atomic E-state index is 12.6. The van der Waals surface area contributed by atoms with Crippen LogP contribution in [-0.4, -0.2) is 42.7 Å². The number of fused-ring (bicyclic) bond motifs is 1. The van der Waals surface area contributed by atoms with Gasteiger partial charge in [-0.15, -0.1) is 0 Å². The van der Waals surface area contributed by atoms with Crippen molar-refractivity contribution in [3.8, 4) is 5.75 Å². The van der Waals surface area contributed by atoms with Crippen LogP contribution >= 0.6 is 0 Å². The molecule has 0 atom stereocenters. The fraction of sp³-hybridized carbons (Fsp3) is 0.435. The standard InChI is InChI=1S/C23H28N4O2/c1-16-2-4-19(5-3-16)29-15-18-12-22(28)20-8-11-26-21(23(20)27-18)14-25-13-17-6-9-24-10-7-17/h2-5,8,11,17,24-25H,6-7,9-10,12-15H2,1H3. The molecule has 1 aromatic carbocycles. The maximum absolute atomic E-state index is 12.6. The number of hydrogen-bond acceptors (Lipinski definition) is 6. The Morgan fingerprint density at radius 3 is 2.76 bits per heavy atom. The first-order valence-corrected chi connectivity index (χ1v) is 10.4. The number of rotatable bonds is 7. The average molecular weight is 393 g/mol. The lowest BCUT2D eigenvalue weighted by molar-refractivity contribution is 0.0998. The predicted octanol–water partition coefficient (Wildman–Crippen LogP) is 3.22. The number of ether oxygens (including phenoxy) is 1. The van der Waals surface area contributed by atoms with E-state index in [1.54, 1.807) is 12.3 Å². The van der Waals surface area contributed by atoms with E-state index in [2.05, 4.69) is 15.6 Å². The van der Waals surface area contributed by atoms with Crippen LogP contribution < -0.4 is 15.4 Å². The van der Waals surface area contributed by atoms with E-state index in [1.807, 2.05) is 31.2 Å². The van der Waals surface area contributed by atoms with E-state index in [1.165, 1.54) is 18.4 Å². The first-order chi connectivity index (χ1) is 14.2. The summed E-state index contributed by atoms with van der Waals surface area (Å²) >= 11 is 0. The number of nitrogens with one attached hydrogen (secondary N) is 2. The van der Waals surface area contributed by atoms with Crippen molar-refractivity contribution < 1.29 is 9.53 Å². The average Bonchev–Trinajstić information content (AvgIpc) is 2.74. The number of piperidine rings is 1. The van der Waals surface area contributed by atoms with Crippen LogP contribution in [0.3, 0.4) is 0 Å². The summed E-state index contributed by atoms with van der Waals surface area (Å²) in [5.41, 5.74) is 4.12. The van der Waals surface area contributed by atoms with Crippen molar-refractivity contribution in [1.29, 1.82) is 0 Å². The predicted molar refractivity (Wildman–Crippen MR) is 114 cm³/mol. The molecule has 6 heteroatoms. The van der Waals surface area contributed by atoms with Crippen molar-refractivity contribution in [3.05, 3.63) is 53.3 Å². The number of pyridine rings is 1. The molecule has 2 aliphatic heterocycles. The second kappa shape index (κ2) is 9.29. The molecular formula is C23H28N4O2. The van der Waals surface area contributed by atoms with Crippen LogP contribution in [0.25, 0.3) is 0 Å². The largest absolute Gasteiger partial charge is 0.488 e. The number of benzene rings is 1. The SMILES string of the molecule is Cc1ccc(OCC2=Nc3c(ccnc3CNCC3CCNCC3)C(=O)C2)cc1. The zero-order valence-electron chi connectivity index (χ0n) is 16.9. The van der Waals surface area contributed by atoms with Gasteiger partial charge in [-0.3, -0.25) is 14.8 Å². The summed E-state index contributed by atoms with van der Waals surface area (Å²) in [7, 11) is 0. The highest BCUT2D eigenvalue weighted by Crippen LogP contribution is 2.29. The summed E-state index contributed by atoms with van der Waals surface area (Å²) in [5, 5.41) is 6.90. The van der Waals surface area contributed by atoms with Gasteiger partial charge >= 0.3 is 0 Å². The van der Waals surface area contributed by atoms with Gasteiger partial charge in [0.1, 0.15) is 12.4 Å². The molecule has 4 rings (SSSR count). The van der Waals surface area contributed by atoms with Crippen LogP contribution in [0.1, 0.15) is 40.9 Å². The summed E-state index contributed by atoms with van der Waals surface area (Å²) in [6.45, 7) is 6.12. The third-order valence-electron chi connectivity index (χ3n) is 5.55. The minimum atomic E-state index is 0.0829. The fourth-order valence-corrected chi connectivity index (χ4v) is 3.82. The molecule has 0 radical (unpaired) electrons. The molecule has 1 fully saturated rings. The highest BCUT2D eigenvalue weighted by Gasteiger charge is 2.23. The summed E-state index contributed by atoms with van der Waals surface area (Å²) in [4.78, 5) is 21.9. The Labute approximate surface area is 171 Å². The Hall–Kier alpha value is -2.57. The molecular weight excluding hydrogens is 364 g/mol. The van der Waals surface area contributed by atoms with Crippen molar-refractivity contribution in [2.75, 3.05) is 26.2 Å². The molecule has 2 aromatic rings. The van der Waals surface area contributed by atoms with E-state index >= 15 is 0 Å². The maximum Gasteiger partial charge on any atom is 0.170 e. The van der Waals surface area contributed by atoms with Gasteiger partial charge in [-0.05, 0) is 63.5 Å². The van der Waals surface area contributed by atoms with E-state index in [4.69, 9.17) is 9.73 Å². The summed E-state index contributed by atoms with van der Waals surface area (Å²) < 4.78 is 5.84. The summed E-state index contributed by atoms with van der Waals surface area (Å²) in [6.07, 6.45) is 4.40. The lowest BCUT2D eigenvalue weighted by Crippen LogP contribution is -2.33. The molecule has 6 nitrogen and oxygen atoms in total. The third kappa shape index (κ3) is 5.08. The van der Waals surface area contributed by atoms with Gasteiger partial charge in [0, 0.05) is 18.3 Å². The molecule has 2 N–H and O–H groups in total. The number of aliphatic imine (C=N–C) groups is 1. The van der Waals surface area contributed by atoms with Crippen molar-refractivity contribution >= 4 is 17.2 Å². The van der Waals surface area contributed by atoms with Crippen LogP contribution in [-0.2, 0) is 6.54 Å². The highest BCUT2D eigenvalue weighted by molar-refractivity contribution is 6.16. The fourth-order valence-electron chi connectivity index (χ4n) is 3.82. The van der Waals surface area contributed by atoms with Gasteiger partial charge in [-0.25, -0.2) is 0 Å². The number of hydrogen-bond donors (Lipinski definition) is 2. The minimum absolute atomic E-state index is 0.0829. The molecule has 29 heavy (non-hydrogen) atoms. The van der Waals surface area contributed by atoms with Crippen LogP contribution in [0.5, 0.6) is 5.75 Å². The van der Waals surface area contributed by atoms with Gasteiger partial charge in [0.25, 0.3) is 0 Å². The van der Waals surface area contributed by atoms with Crippen molar-refractivity contribution in [1.82, 2.24) is 15.6 Å². The highest BCUT2D eigenvalue weighted by atomic mass is 16.5. The molecule has 1 saturated heterocycles. The molecule has 152 valence electrons. The topological polar surface area (TPSA) is 75.6 Å². The van der Waals surface area contributed by atoms with Gasteiger partial charge < -0.3 is 15.4 Å². The number of carbonyl (C=O) groups excluding carboxylic acids is 1. The number of ketones is 1. The van der Waals surface area contributed by atoms with Crippen LogP contribution in [0.15, 0.2) is 41.5 Å². The summed E-state index contributed by atoms with van der Waals surface area (Å²) in [5.74, 6) is 1.56. The van der Waals surface area contributed by atoms with Gasteiger partial charge in [0.05, 0.1) is 23.5 Å². The molecule has 0 spiro atoms. The van der Waals surface area contributed by atoms with Crippen LogP contribution in [0.2, 0.25) is 0 Å². The second-order valence-electron chi connectivity index (χ2n) is 7.86. The van der Waals surface area contributed by atoms with E-state index in [0.717, 1.165) is 36.8 Å². The molecule has 0 aliphatic carbocycles. The van der Waals surface area contributed by atoms with E-state index in [-0.39, 0.29) is 5.78 Å². The Bertz CT molecular complexity index is 886. The Morgan fingerprint density at radius 1 is 1.17 bits per heavy atom. The zero-order chi connectivity index (χ0) is 20.1. The lowest BCUT2D eigenvalue weighted by Gasteiger charge is -2.23. The quantitative estimate of drug-likeness (QED) is 0.757. The van der Waals surface area contributed by atoms with Gasteiger partial charge in [-0.2, -0.15) is 0 Å². The molecule has 0 bridgehead atoms. The Morgan fingerprint density at radius 2 is 1.97 bits per heavy atom. The first-order valence-electron chi connectivity index (χ1n) is 10.4. The van der Waals surface area contributed by atoms with Crippen molar-refractivity contribution in [2.24, 2.45) is 10.9 Å². The molecule has 2 aliphatic rings. The monoisotopic (exact) mass is 392 g/mol. The third-order valence-corrected chi connectivity index (χ3v) is 5.55. The molecule has 0 amide bonds. The molecule has 1 aromatic heterocycles. The van der Waals surface area contributed by atoms with Crippen LogP contribution in [0, 0.1) is 12.8 Å². The van der Waals surface area contributed by atoms with Crippen molar-refractivity contribution in [2.45, 2.75) is 32.7 Å². The zero-order valence-corrected chi connectivity index (χ0v) is 16.9. The minimum Gasteiger partial charge on any atom is -0.488 e. The second-order valence-corrected chi connectivity index (χ2v) is 7.86. The number of carbonyl (C=O) groups is 1. The van der Waals surface area contributed by atoms with E-state index in [0.29, 0.717) is 36.7 Å². The van der Waals surface area contributed by atoms with Crippen LogP contribution in [0.4, 0.5) is 5.69 Å². The Balaban J connectivity index is 1.42. The number of nitrogens with zero attached hydrogens (tertiary/aromatic N) is 2. The first kappa shape index (κ1) is 19.7. The normalized spacial score (nSPS) is 17.0. The molecule has 3 heterocycles. The van der Waals surface area contributed by atoms with Crippen molar-refractivity contribution in [3.63, 3.8) is 0 Å².